The number of hydrogen-bond donors (Lipinski definition) is 1. The summed E-state index contributed by atoms with van der Waals surface area (Å²) < 4.78 is 0. The van der Waals surface area contributed by atoms with Crippen LogP contribution < -0.4 is 15.8 Å². The van der Waals surface area contributed by atoms with Crippen LogP contribution in [-0.4, -0.2) is 18.8 Å². The predicted molar refractivity (Wildman–Crippen MR) is 87.0 cm³/mol. The minimum Gasteiger partial charge on any atom is -0.388 e. The number of anilines is 1. The second-order valence-corrected chi connectivity index (χ2v) is 8.06. The maximum absolute atomic E-state index is 4.40. The van der Waals surface area contributed by atoms with Gasteiger partial charge in [0.05, 0.1) is 0 Å². The highest BCUT2D eigenvalue weighted by Crippen LogP contribution is 2.42. The van der Waals surface area contributed by atoms with E-state index in [0.29, 0.717) is 5.92 Å². The van der Waals surface area contributed by atoms with Crippen LogP contribution in [0.4, 0.5) is 5.69 Å². The Labute approximate surface area is 109 Å². The molecule has 1 aliphatic carbocycles. The van der Waals surface area contributed by atoms with E-state index in [0.717, 1.165) is 5.75 Å². The Morgan fingerprint density at radius 2 is 2.11 bits per heavy atom. The van der Waals surface area contributed by atoms with Crippen molar-refractivity contribution >= 4 is 37.6 Å². The van der Waals surface area contributed by atoms with E-state index in [2.05, 4.69) is 54.3 Å². The van der Waals surface area contributed by atoms with E-state index in [1.165, 1.54) is 26.6 Å². The van der Waals surface area contributed by atoms with Crippen LogP contribution in [0.25, 0.3) is 11.0 Å². The molecule has 1 unspecified atom stereocenters. The third kappa shape index (κ3) is 1.56. The lowest BCUT2D eigenvalue weighted by Crippen LogP contribution is -2.28. The number of benzene rings is 1. The molecule has 1 N–H and O–H groups in total. The third-order valence-electron chi connectivity index (χ3n) is 3.74. The minimum absolute atomic E-state index is 0.475. The first-order chi connectivity index (χ1) is 8.53. The molecule has 1 atom stereocenters. The maximum atomic E-state index is 4.40. The van der Waals surface area contributed by atoms with Crippen molar-refractivity contribution in [3.63, 3.8) is 0 Å². The van der Waals surface area contributed by atoms with E-state index in [9.17, 15) is 0 Å². The van der Waals surface area contributed by atoms with Gasteiger partial charge in [-0.25, -0.2) is 0 Å². The van der Waals surface area contributed by atoms with Crippen molar-refractivity contribution < 1.29 is 0 Å². The van der Waals surface area contributed by atoms with Gasteiger partial charge in [0, 0.05) is 28.6 Å². The quantitative estimate of drug-likeness (QED) is 0.759. The Morgan fingerprint density at radius 3 is 2.83 bits per heavy atom. The van der Waals surface area contributed by atoms with Crippen LogP contribution in [0.5, 0.6) is 0 Å². The monoisotopic (exact) mass is 257 g/mol. The van der Waals surface area contributed by atoms with Gasteiger partial charge < -0.3 is 5.32 Å². The average Bonchev–Trinajstić information content (AvgIpc) is 2.46. The number of rotatable bonds is 1. The van der Waals surface area contributed by atoms with E-state index in [1.54, 1.807) is 0 Å². The summed E-state index contributed by atoms with van der Waals surface area (Å²) in [5.41, 5.74) is 2.63. The highest BCUT2D eigenvalue weighted by atomic mass is 32.2. The molecule has 1 nitrogen and oxygen atoms in total. The highest BCUT2D eigenvalue weighted by Gasteiger charge is 2.20. The smallest absolute Gasteiger partial charge is 0.0385 e. The summed E-state index contributed by atoms with van der Waals surface area (Å²) in [5.74, 6) is 10.3. The Kier molecular flexibility index (Phi) is 2.46. The Balaban J connectivity index is 2.54. The molecule has 0 amide bonds. The second kappa shape index (κ2) is 3.79. The fourth-order valence-corrected chi connectivity index (χ4v) is 4.91. The summed E-state index contributed by atoms with van der Waals surface area (Å²) in [6.45, 7) is 2.22. The summed E-state index contributed by atoms with van der Waals surface area (Å²) in [5, 5.41) is 6.04. The molecule has 94 valence electrons. The standard InChI is InChI=1S/C16H19NS/c1-11-5-8-15-16-12(9-11)6-7-14(17-2)13(16)10-18(15,3)4/h5-9,11,17H,3-4,10H2,1-2H3. The lowest BCUT2D eigenvalue weighted by atomic mass is 10.1. The second-order valence-electron chi connectivity index (χ2n) is 5.24. The largest absolute Gasteiger partial charge is 0.388 e. The Hall–Kier alpha value is -1.41. The maximum Gasteiger partial charge on any atom is 0.0385 e. The lowest BCUT2D eigenvalue weighted by Gasteiger charge is -2.10. The molecule has 1 aromatic carbocycles. The van der Waals surface area contributed by atoms with Crippen LogP contribution in [0.2, 0.25) is 0 Å². The SMILES string of the molecule is C=S1(=C)Cc2c(NC)ccc3c2=C1C=CC(C)C=3. The molecule has 0 fully saturated rings. The van der Waals surface area contributed by atoms with Crippen LogP contribution in [0.15, 0.2) is 24.3 Å². The van der Waals surface area contributed by atoms with Crippen LogP contribution in [0, 0.1) is 5.92 Å². The summed E-state index contributed by atoms with van der Waals surface area (Å²) in [6.07, 6.45) is 6.86. The summed E-state index contributed by atoms with van der Waals surface area (Å²) in [6, 6.07) is 4.40. The third-order valence-corrected chi connectivity index (χ3v) is 5.86. The normalized spacial score (nSPS) is 23.2. The number of hydrogen-bond acceptors (Lipinski definition) is 1. The van der Waals surface area contributed by atoms with Crippen molar-refractivity contribution in [1.82, 2.24) is 0 Å². The van der Waals surface area contributed by atoms with Gasteiger partial charge in [0.1, 0.15) is 0 Å². The molecule has 0 bridgehead atoms. The molecular weight excluding hydrogens is 238 g/mol. The zero-order valence-electron chi connectivity index (χ0n) is 11.0. The van der Waals surface area contributed by atoms with Crippen LogP contribution in [-0.2, 0) is 5.75 Å². The fourth-order valence-electron chi connectivity index (χ4n) is 2.86. The summed E-state index contributed by atoms with van der Waals surface area (Å²) >= 11 is 0. The van der Waals surface area contributed by atoms with Gasteiger partial charge in [-0.05, 0) is 22.8 Å². The van der Waals surface area contributed by atoms with Gasteiger partial charge in [0.15, 0.2) is 0 Å². The van der Waals surface area contributed by atoms with E-state index in [4.69, 9.17) is 0 Å². The molecule has 0 radical (unpaired) electrons. The first kappa shape index (κ1) is 11.7. The average molecular weight is 257 g/mol. The summed E-state index contributed by atoms with van der Waals surface area (Å²) in [4.78, 5) is 1.37. The van der Waals surface area contributed by atoms with Crippen molar-refractivity contribution in [2.75, 3.05) is 12.4 Å². The molecule has 1 aliphatic heterocycles. The molecule has 2 aliphatic rings. The van der Waals surface area contributed by atoms with Gasteiger partial charge in [-0.1, -0.05) is 43.0 Å². The van der Waals surface area contributed by atoms with E-state index < -0.39 is 9.21 Å². The zero-order chi connectivity index (χ0) is 12.9. The molecule has 0 saturated carbocycles. The van der Waals surface area contributed by atoms with Crippen molar-refractivity contribution in [3.05, 3.63) is 40.3 Å². The molecule has 3 rings (SSSR count). The van der Waals surface area contributed by atoms with Crippen molar-refractivity contribution in [3.8, 4) is 0 Å². The molecule has 1 aromatic rings. The van der Waals surface area contributed by atoms with Crippen LogP contribution in [0.1, 0.15) is 12.5 Å². The van der Waals surface area contributed by atoms with Gasteiger partial charge in [0.2, 0.25) is 0 Å². The van der Waals surface area contributed by atoms with Gasteiger partial charge >= 0.3 is 0 Å². The Morgan fingerprint density at radius 1 is 1.33 bits per heavy atom. The minimum atomic E-state index is -1.18. The van der Waals surface area contributed by atoms with Gasteiger partial charge in [-0.15, -0.1) is 0 Å². The molecule has 0 spiro atoms. The van der Waals surface area contributed by atoms with Gasteiger partial charge in [-0.2, -0.15) is 9.21 Å². The first-order valence-corrected chi connectivity index (χ1v) is 8.38. The molecule has 2 heteroatoms. The van der Waals surface area contributed by atoms with Crippen LogP contribution >= 0.6 is 9.21 Å². The fraction of sp³-hybridized carbons (Fsp3) is 0.250. The van der Waals surface area contributed by atoms with E-state index in [1.807, 2.05) is 7.05 Å². The van der Waals surface area contributed by atoms with Crippen molar-refractivity contribution in [2.45, 2.75) is 12.7 Å². The number of allylic oxidation sites excluding steroid dienone is 1. The molecular formula is C16H19NS. The van der Waals surface area contributed by atoms with Crippen LogP contribution in [0.3, 0.4) is 0 Å². The zero-order valence-corrected chi connectivity index (χ0v) is 11.8. The van der Waals surface area contributed by atoms with E-state index >= 15 is 0 Å². The first-order valence-electron chi connectivity index (χ1n) is 6.24. The molecule has 18 heavy (non-hydrogen) atoms. The Bertz CT molecular complexity index is 764. The molecule has 0 aromatic heterocycles. The lowest BCUT2D eigenvalue weighted by molar-refractivity contribution is 0.997. The predicted octanol–water partition coefficient (Wildman–Crippen LogP) is 2.01. The summed E-state index contributed by atoms with van der Waals surface area (Å²) in [7, 11) is 0.807. The molecule has 0 saturated heterocycles. The van der Waals surface area contributed by atoms with Crippen molar-refractivity contribution in [2.24, 2.45) is 5.92 Å². The van der Waals surface area contributed by atoms with Gasteiger partial charge in [-0.3, -0.25) is 0 Å². The molecule has 1 heterocycles. The van der Waals surface area contributed by atoms with Gasteiger partial charge in [0.25, 0.3) is 0 Å². The number of nitrogens with one attached hydrogen (secondary N) is 1. The highest BCUT2D eigenvalue weighted by molar-refractivity contribution is 8.34. The van der Waals surface area contributed by atoms with E-state index in [-0.39, 0.29) is 0 Å². The van der Waals surface area contributed by atoms with Crippen molar-refractivity contribution in [1.29, 1.82) is 0 Å². The topological polar surface area (TPSA) is 12.0 Å².